The highest BCUT2D eigenvalue weighted by molar-refractivity contribution is 14.0. The zero-order valence-electron chi connectivity index (χ0n) is 17.7. The van der Waals surface area contributed by atoms with E-state index in [1.54, 1.807) is 29.0 Å². The molecule has 1 aliphatic heterocycles. The van der Waals surface area contributed by atoms with Crippen molar-refractivity contribution in [2.24, 2.45) is 12.0 Å². The molecule has 1 N–H and O–H groups in total. The molecule has 1 saturated heterocycles. The SMILES string of the molecule is CN=C(NCCc1ccc(-n2cccn2)cc1)N1CCN(c2cnn(C)c2)C(=O)C1.I. The molecule has 0 unspecified atom stereocenters. The average Bonchev–Trinajstić information content (AvgIpc) is 3.44. The second-order valence-corrected chi connectivity index (χ2v) is 7.18. The lowest BCUT2D eigenvalue weighted by molar-refractivity contribution is -0.120. The van der Waals surface area contributed by atoms with Crippen LogP contribution in [0.5, 0.6) is 0 Å². The van der Waals surface area contributed by atoms with Gasteiger partial charge in [-0.05, 0) is 30.2 Å². The standard InChI is InChI=1S/C21H26N8O.HI/c1-22-21(27-12-13-28(20(30)16-27)19-14-25-26(2)15-19)23-10-8-17-4-6-18(7-5-17)29-11-3-9-24-29;/h3-7,9,11,14-15H,8,10,12-13,16H2,1-2H3,(H,22,23);1H. The number of carbonyl (C=O) groups is 1. The summed E-state index contributed by atoms with van der Waals surface area (Å²) in [4.78, 5) is 20.7. The van der Waals surface area contributed by atoms with E-state index in [1.165, 1.54) is 5.56 Å². The van der Waals surface area contributed by atoms with Gasteiger partial charge in [-0.2, -0.15) is 10.2 Å². The van der Waals surface area contributed by atoms with E-state index in [0.717, 1.165) is 36.8 Å². The fourth-order valence-corrected chi connectivity index (χ4v) is 3.56. The minimum Gasteiger partial charge on any atom is -0.356 e. The Morgan fingerprint density at radius 1 is 1.16 bits per heavy atom. The van der Waals surface area contributed by atoms with Crippen LogP contribution in [0.15, 0.2) is 60.1 Å². The van der Waals surface area contributed by atoms with E-state index in [4.69, 9.17) is 0 Å². The largest absolute Gasteiger partial charge is 0.356 e. The van der Waals surface area contributed by atoms with Crippen LogP contribution >= 0.6 is 24.0 Å². The summed E-state index contributed by atoms with van der Waals surface area (Å²) in [7, 11) is 3.60. The normalized spacial score (nSPS) is 14.5. The molecule has 3 heterocycles. The lowest BCUT2D eigenvalue weighted by Gasteiger charge is -2.35. The van der Waals surface area contributed by atoms with E-state index >= 15 is 0 Å². The van der Waals surface area contributed by atoms with E-state index in [-0.39, 0.29) is 29.9 Å². The maximum Gasteiger partial charge on any atom is 0.246 e. The second-order valence-electron chi connectivity index (χ2n) is 7.18. The monoisotopic (exact) mass is 534 g/mol. The Labute approximate surface area is 198 Å². The van der Waals surface area contributed by atoms with Crippen LogP contribution in [0.25, 0.3) is 5.69 Å². The molecule has 164 valence electrons. The number of halogens is 1. The number of carbonyl (C=O) groups excluding carboxylic acids is 1. The first-order chi connectivity index (χ1) is 14.6. The van der Waals surface area contributed by atoms with Gasteiger partial charge in [-0.15, -0.1) is 24.0 Å². The van der Waals surface area contributed by atoms with Gasteiger partial charge in [0.25, 0.3) is 0 Å². The third-order valence-electron chi connectivity index (χ3n) is 5.14. The van der Waals surface area contributed by atoms with Gasteiger partial charge in [0.15, 0.2) is 5.96 Å². The van der Waals surface area contributed by atoms with Crippen molar-refractivity contribution in [1.29, 1.82) is 0 Å². The van der Waals surface area contributed by atoms with Crippen LogP contribution in [0.4, 0.5) is 5.69 Å². The maximum absolute atomic E-state index is 12.6. The van der Waals surface area contributed by atoms with Gasteiger partial charge in [-0.25, -0.2) is 4.68 Å². The predicted molar refractivity (Wildman–Crippen MR) is 131 cm³/mol. The summed E-state index contributed by atoms with van der Waals surface area (Å²) < 4.78 is 3.54. The van der Waals surface area contributed by atoms with E-state index < -0.39 is 0 Å². The fraction of sp³-hybridized carbons (Fsp3) is 0.333. The van der Waals surface area contributed by atoms with E-state index in [1.807, 2.05) is 35.1 Å². The lowest BCUT2D eigenvalue weighted by Crippen LogP contribution is -2.55. The molecule has 9 nitrogen and oxygen atoms in total. The van der Waals surface area contributed by atoms with Crippen molar-refractivity contribution in [3.63, 3.8) is 0 Å². The Morgan fingerprint density at radius 3 is 2.58 bits per heavy atom. The molecular formula is C21H27IN8O. The number of aliphatic imine (C=N–C) groups is 1. The molecule has 10 heteroatoms. The summed E-state index contributed by atoms with van der Waals surface area (Å²) in [6, 6.07) is 10.3. The number of aromatic nitrogens is 4. The molecule has 0 bridgehead atoms. The summed E-state index contributed by atoms with van der Waals surface area (Å²) in [6.07, 6.45) is 8.14. The number of piperazine rings is 1. The number of amides is 1. The summed E-state index contributed by atoms with van der Waals surface area (Å²) >= 11 is 0. The Balaban J connectivity index is 0.00000272. The van der Waals surface area contributed by atoms with Crippen LogP contribution < -0.4 is 10.2 Å². The Morgan fingerprint density at radius 2 is 1.97 bits per heavy atom. The number of aryl methyl sites for hydroxylation is 1. The number of hydrogen-bond acceptors (Lipinski definition) is 4. The van der Waals surface area contributed by atoms with Crippen molar-refractivity contribution >= 4 is 41.5 Å². The predicted octanol–water partition coefficient (Wildman–Crippen LogP) is 1.69. The number of guanidine groups is 1. The fourth-order valence-electron chi connectivity index (χ4n) is 3.56. The first-order valence-corrected chi connectivity index (χ1v) is 9.97. The van der Waals surface area contributed by atoms with Crippen LogP contribution in [0, 0.1) is 0 Å². The summed E-state index contributed by atoms with van der Waals surface area (Å²) in [5.74, 6) is 0.800. The third-order valence-corrected chi connectivity index (χ3v) is 5.14. The summed E-state index contributed by atoms with van der Waals surface area (Å²) in [6.45, 7) is 2.37. The van der Waals surface area contributed by atoms with Crippen molar-refractivity contribution < 1.29 is 4.79 Å². The van der Waals surface area contributed by atoms with E-state index in [2.05, 4.69) is 44.8 Å². The average molecular weight is 534 g/mol. The number of rotatable bonds is 5. The highest BCUT2D eigenvalue weighted by Gasteiger charge is 2.27. The van der Waals surface area contributed by atoms with E-state index in [0.29, 0.717) is 13.1 Å². The first-order valence-electron chi connectivity index (χ1n) is 9.97. The molecule has 1 aliphatic rings. The Hall–Kier alpha value is -2.89. The Kier molecular flexibility index (Phi) is 7.66. The minimum atomic E-state index is 0. The van der Waals surface area contributed by atoms with Gasteiger partial charge >= 0.3 is 0 Å². The Bertz CT molecular complexity index is 1010. The van der Waals surface area contributed by atoms with Crippen LogP contribution in [-0.2, 0) is 18.3 Å². The number of anilines is 1. The topological polar surface area (TPSA) is 83.6 Å². The van der Waals surface area contributed by atoms with Crippen LogP contribution in [0.2, 0.25) is 0 Å². The number of benzene rings is 1. The molecule has 2 aromatic heterocycles. The van der Waals surface area contributed by atoms with Gasteiger partial charge in [0.05, 0.1) is 17.6 Å². The van der Waals surface area contributed by atoms with Crippen molar-refractivity contribution in [2.45, 2.75) is 6.42 Å². The molecule has 1 fully saturated rings. The number of hydrogen-bond donors (Lipinski definition) is 1. The van der Waals surface area contributed by atoms with E-state index in [9.17, 15) is 4.79 Å². The molecule has 1 aromatic carbocycles. The maximum atomic E-state index is 12.6. The van der Waals surface area contributed by atoms with Crippen molar-refractivity contribution in [2.75, 3.05) is 38.1 Å². The second kappa shape index (κ2) is 10.4. The van der Waals surface area contributed by atoms with Gasteiger partial charge < -0.3 is 15.1 Å². The molecule has 1 amide bonds. The molecule has 4 rings (SSSR count). The van der Waals surface area contributed by atoms with Gasteiger partial charge in [-0.1, -0.05) is 12.1 Å². The third kappa shape index (κ3) is 5.43. The van der Waals surface area contributed by atoms with Crippen LogP contribution in [-0.4, -0.2) is 69.6 Å². The van der Waals surface area contributed by atoms with Gasteiger partial charge in [0, 0.05) is 52.3 Å². The van der Waals surface area contributed by atoms with Gasteiger partial charge in [-0.3, -0.25) is 14.5 Å². The highest BCUT2D eigenvalue weighted by Crippen LogP contribution is 2.16. The number of nitrogens with one attached hydrogen (secondary N) is 1. The molecule has 3 aromatic rings. The highest BCUT2D eigenvalue weighted by atomic mass is 127. The van der Waals surface area contributed by atoms with Crippen molar-refractivity contribution in [1.82, 2.24) is 29.8 Å². The molecule has 0 radical (unpaired) electrons. The van der Waals surface area contributed by atoms with Crippen LogP contribution in [0.3, 0.4) is 0 Å². The minimum absolute atomic E-state index is 0. The molecule has 0 spiro atoms. The zero-order valence-corrected chi connectivity index (χ0v) is 20.0. The molecule has 0 atom stereocenters. The quantitative estimate of drug-likeness (QED) is 0.306. The first kappa shape index (κ1) is 22.8. The molecule has 31 heavy (non-hydrogen) atoms. The van der Waals surface area contributed by atoms with Crippen molar-refractivity contribution in [3.05, 3.63) is 60.7 Å². The molecular weight excluding hydrogens is 507 g/mol. The number of nitrogens with zero attached hydrogens (tertiary/aromatic N) is 7. The molecule has 0 saturated carbocycles. The smallest absolute Gasteiger partial charge is 0.246 e. The molecule has 0 aliphatic carbocycles. The van der Waals surface area contributed by atoms with Gasteiger partial charge in [0.1, 0.15) is 6.54 Å². The van der Waals surface area contributed by atoms with Crippen molar-refractivity contribution in [3.8, 4) is 5.69 Å². The summed E-state index contributed by atoms with van der Waals surface area (Å²) in [5.41, 5.74) is 3.10. The van der Waals surface area contributed by atoms with Crippen LogP contribution in [0.1, 0.15) is 5.56 Å². The summed E-state index contributed by atoms with van der Waals surface area (Å²) in [5, 5.41) is 11.8. The lowest BCUT2D eigenvalue weighted by atomic mass is 10.1. The van der Waals surface area contributed by atoms with Gasteiger partial charge in [0.2, 0.25) is 5.91 Å². The zero-order chi connectivity index (χ0) is 20.9.